The molecule has 0 bridgehead atoms. The van der Waals surface area contributed by atoms with Crippen LogP contribution in [0.4, 0.5) is 10.1 Å². The van der Waals surface area contributed by atoms with Gasteiger partial charge in [-0.25, -0.2) is 4.39 Å². The second-order valence-electron chi connectivity index (χ2n) is 3.64. The molecule has 18 heavy (non-hydrogen) atoms. The fraction of sp³-hybridized carbons (Fsp3) is 0.0833. The maximum absolute atomic E-state index is 12.9. The highest BCUT2D eigenvalue weighted by Crippen LogP contribution is 2.29. The van der Waals surface area contributed by atoms with E-state index in [2.05, 4.69) is 21.2 Å². The van der Waals surface area contributed by atoms with Crippen LogP contribution in [-0.2, 0) is 0 Å². The second-order valence-corrected chi connectivity index (χ2v) is 5.75. The van der Waals surface area contributed by atoms with Crippen molar-refractivity contribution < 1.29 is 9.18 Å². The molecule has 1 aromatic heterocycles. The summed E-state index contributed by atoms with van der Waals surface area (Å²) in [6.07, 6.45) is 0. The van der Waals surface area contributed by atoms with Crippen molar-refractivity contribution in [3.63, 3.8) is 0 Å². The standard InChI is InChI=1S/C12H8BrClFNOS/c1-6-5-18-11(10(6)14)12(17)16-9-3-2-7(15)4-8(9)13/h2-5H,1H3,(H,16,17). The molecule has 0 aliphatic carbocycles. The molecule has 2 nitrogen and oxygen atoms in total. The van der Waals surface area contributed by atoms with Gasteiger partial charge in [0.25, 0.3) is 5.91 Å². The van der Waals surface area contributed by atoms with E-state index >= 15 is 0 Å². The van der Waals surface area contributed by atoms with E-state index in [9.17, 15) is 9.18 Å². The largest absolute Gasteiger partial charge is 0.320 e. The van der Waals surface area contributed by atoms with E-state index in [1.807, 2.05) is 12.3 Å². The van der Waals surface area contributed by atoms with Gasteiger partial charge < -0.3 is 5.32 Å². The number of benzene rings is 1. The number of carbonyl (C=O) groups is 1. The Kier molecular flexibility index (Phi) is 4.04. The van der Waals surface area contributed by atoms with Crippen LogP contribution in [0.2, 0.25) is 5.02 Å². The minimum atomic E-state index is -0.370. The molecule has 0 radical (unpaired) electrons. The maximum Gasteiger partial charge on any atom is 0.267 e. The van der Waals surface area contributed by atoms with Crippen LogP contribution in [0, 0.1) is 12.7 Å². The van der Waals surface area contributed by atoms with E-state index in [0.717, 1.165) is 5.56 Å². The number of aryl methyl sites for hydroxylation is 1. The first-order chi connectivity index (χ1) is 8.49. The van der Waals surface area contributed by atoms with Gasteiger partial charge >= 0.3 is 0 Å². The second kappa shape index (κ2) is 5.38. The van der Waals surface area contributed by atoms with Gasteiger partial charge in [0.05, 0.1) is 10.7 Å². The molecule has 0 fully saturated rings. The zero-order valence-corrected chi connectivity index (χ0v) is 12.4. The molecule has 6 heteroatoms. The number of hydrogen-bond donors (Lipinski definition) is 1. The lowest BCUT2D eigenvalue weighted by molar-refractivity contribution is 0.103. The molecule has 2 aromatic rings. The highest BCUT2D eigenvalue weighted by Gasteiger charge is 2.15. The zero-order chi connectivity index (χ0) is 13.3. The molecule has 0 atom stereocenters. The molecule has 0 unspecified atom stereocenters. The molecular weight excluding hydrogens is 341 g/mol. The lowest BCUT2D eigenvalue weighted by Gasteiger charge is -2.06. The summed E-state index contributed by atoms with van der Waals surface area (Å²) in [6, 6.07) is 4.06. The number of nitrogens with one attached hydrogen (secondary N) is 1. The summed E-state index contributed by atoms with van der Waals surface area (Å²) in [5.74, 6) is -0.671. The first-order valence-corrected chi connectivity index (χ1v) is 7.04. The van der Waals surface area contributed by atoms with Crippen LogP contribution in [0.3, 0.4) is 0 Å². The van der Waals surface area contributed by atoms with Gasteiger partial charge in [0.2, 0.25) is 0 Å². The van der Waals surface area contributed by atoms with E-state index in [1.165, 1.54) is 29.5 Å². The van der Waals surface area contributed by atoms with Crippen molar-refractivity contribution in [1.29, 1.82) is 0 Å². The van der Waals surface area contributed by atoms with E-state index in [0.29, 0.717) is 20.1 Å². The first-order valence-electron chi connectivity index (χ1n) is 4.99. The molecule has 1 N–H and O–H groups in total. The third-order valence-corrected chi connectivity index (χ3v) is 4.64. The minimum absolute atomic E-state index is 0.301. The van der Waals surface area contributed by atoms with Gasteiger partial charge in [-0.05, 0) is 52.0 Å². The van der Waals surface area contributed by atoms with Crippen molar-refractivity contribution in [3.05, 3.63) is 49.3 Å². The van der Waals surface area contributed by atoms with E-state index in [4.69, 9.17) is 11.6 Å². The van der Waals surface area contributed by atoms with Gasteiger partial charge in [-0.2, -0.15) is 0 Å². The molecule has 0 aliphatic rings. The predicted molar refractivity (Wildman–Crippen MR) is 76.1 cm³/mol. The molecule has 1 heterocycles. The SMILES string of the molecule is Cc1csc(C(=O)Nc2ccc(F)cc2Br)c1Cl. The summed E-state index contributed by atoms with van der Waals surface area (Å²) in [7, 11) is 0. The van der Waals surface area contributed by atoms with Crippen LogP contribution in [0.15, 0.2) is 28.1 Å². The summed E-state index contributed by atoms with van der Waals surface area (Å²) in [6.45, 7) is 1.84. The van der Waals surface area contributed by atoms with Gasteiger partial charge in [-0.3, -0.25) is 4.79 Å². The number of hydrogen-bond acceptors (Lipinski definition) is 2. The van der Waals surface area contributed by atoms with Crippen LogP contribution in [0.25, 0.3) is 0 Å². The lowest BCUT2D eigenvalue weighted by Crippen LogP contribution is -2.11. The van der Waals surface area contributed by atoms with Crippen LogP contribution in [-0.4, -0.2) is 5.91 Å². The molecule has 1 amide bonds. The number of carbonyl (C=O) groups excluding carboxylic acids is 1. The van der Waals surface area contributed by atoms with Crippen LogP contribution in [0.1, 0.15) is 15.2 Å². The highest BCUT2D eigenvalue weighted by molar-refractivity contribution is 9.10. The number of amides is 1. The van der Waals surface area contributed by atoms with Crippen molar-refractivity contribution in [2.45, 2.75) is 6.92 Å². The summed E-state index contributed by atoms with van der Waals surface area (Å²) in [5, 5.41) is 4.95. The maximum atomic E-state index is 12.9. The smallest absolute Gasteiger partial charge is 0.267 e. The van der Waals surface area contributed by atoms with Crippen LogP contribution in [0.5, 0.6) is 0 Å². The molecule has 0 aliphatic heterocycles. The van der Waals surface area contributed by atoms with E-state index < -0.39 is 0 Å². The minimum Gasteiger partial charge on any atom is -0.320 e. The van der Waals surface area contributed by atoms with Gasteiger partial charge in [0.15, 0.2) is 0 Å². The average Bonchev–Trinajstić information content (AvgIpc) is 2.64. The average molecular weight is 349 g/mol. The van der Waals surface area contributed by atoms with E-state index in [1.54, 1.807) is 0 Å². The van der Waals surface area contributed by atoms with E-state index in [-0.39, 0.29) is 11.7 Å². The number of thiophene rings is 1. The fourth-order valence-electron chi connectivity index (χ4n) is 1.35. The molecule has 0 saturated heterocycles. The Morgan fingerprint density at radius 2 is 2.22 bits per heavy atom. The highest BCUT2D eigenvalue weighted by atomic mass is 79.9. The Labute approximate surface area is 121 Å². The number of halogens is 3. The zero-order valence-electron chi connectivity index (χ0n) is 9.26. The van der Waals surface area contributed by atoms with Crippen molar-refractivity contribution in [2.75, 3.05) is 5.32 Å². The van der Waals surface area contributed by atoms with Gasteiger partial charge in [-0.1, -0.05) is 11.6 Å². The van der Waals surface area contributed by atoms with Gasteiger partial charge in [-0.15, -0.1) is 11.3 Å². The Hall–Kier alpha value is -0.910. The third-order valence-electron chi connectivity index (χ3n) is 2.28. The van der Waals surface area contributed by atoms with Crippen molar-refractivity contribution in [1.82, 2.24) is 0 Å². The molecule has 0 saturated carbocycles. The topological polar surface area (TPSA) is 29.1 Å². The third kappa shape index (κ3) is 2.74. The van der Waals surface area contributed by atoms with Gasteiger partial charge in [0, 0.05) is 4.47 Å². The summed E-state index contributed by atoms with van der Waals surface area (Å²) in [4.78, 5) is 12.4. The predicted octanol–water partition coefficient (Wildman–Crippen LogP) is 4.86. The van der Waals surface area contributed by atoms with Crippen molar-refractivity contribution in [3.8, 4) is 0 Å². The first kappa shape index (κ1) is 13.5. The number of rotatable bonds is 2. The monoisotopic (exact) mass is 347 g/mol. The molecule has 0 spiro atoms. The number of anilines is 1. The molecule has 1 aromatic carbocycles. The Bertz CT molecular complexity index is 614. The summed E-state index contributed by atoms with van der Waals surface area (Å²) < 4.78 is 13.4. The van der Waals surface area contributed by atoms with Crippen molar-refractivity contribution >= 4 is 50.5 Å². The van der Waals surface area contributed by atoms with Crippen molar-refractivity contribution in [2.24, 2.45) is 0 Å². The fourth-order valence-corrected chi connectivity index (χ4v) is 2.98. The normalized spacial score (nSPS) is 10.4. The molecule has 94 valence electrons. The summed E-state index contributed by atoms with van der Waals surface area (Å²) in [5.41, 5.74) is 1.37. The Morgan fingerprint density at radius 3 is 2.78 bits per heavy atom. The van der Waals surface area contributed by atoms with Gasteiger partial charge in [0.1, 0.15) is 10.7 Å². The van der Waals surface area contributed by atoms with Crippen LogP contribution < -0.4 is 5.32 Å². The Morgan fingerprint density at radius 1 is 1.50 bits per heavy atom. The molecule has 2 rings (SSSR count). The molecular formula is C12H8BrClFNOS. The quantitative estimate of drug-likeness (QED) is 0.824. The Balaban J connectivity index is 2.24. The van der Waals surface area contributed by atoms with Crippen LogP contribution >= 0.6 is 38.9 Å². The summed E-state index contributed by atoms with van der Waals surface area (Å²) >= 11 is 10.5. The lowest BCUT2D eigenvalue weighted by atomic mass is 10.3.